The molecule has 25 heavy (non-hydrogen) atoms. The zero-order chi connectivity index (χ0) is 17.5. The van der Waals surface area contributed by atoms with Crippen LogP contribution >= 0.6 is 11.6 Å². The quantitative estimate of drug-likeness (QED) is 0.755. The lowest BCUT2D eigenvalue weighted by Gasteiger charge is -2.30. The largest absolute Gasteiger partial charge is 0.336 e. The van der Waals surface area contributed by atoms with Gasteiger partial charge in [0.15, 0.2) is 0 Å². The van der Waals surface area contributed by atoms with E-state index in [0.717, 1.165) is 25.1 Å². The average Bonchev–Trinajstić information content (AvgIpc) is 2.63. The van der Waals surface area contributed by atoms with Crippen molar-refractivity contribution in [2.75, 3.05) is 18.4 Å². The summed E-state index contributed by atoms with van der Waals surface area (Å²) in [5.74, 6) is 0.662. The van der Waals surface area contributed by atoms with Crippen molar-refractivity contribution in [2.45, 2.75) is 25.3 Å². The molecule has 0 unspecified atom stereocenters. The molecule has 132 valence electrons. The first kappa shape index (κ1) is 17.8. The van der Waals surface area contributed by atoms with Crippen molar-refractivity contribution in [3.05, 3.63) is 65.2 Å². The van der Waals surface area contributed by atoms with Gasteiger partial charge in [0.05, 0.1) is 0 Å². The van der Waals surface area contributed by atoms with Gasteiger partial charge in [0, 0.05) is 23.3 Å². The maximum atomic E-state index is 12.0. The Kier molecular flexibility index (Phi) is 6.31. The summed E-state index contributed by atoms with van der Waals surface area (Å²) in [5, 5.41) is 9.93. The van der Waals surface area contributed by atoms with Gasteiger partial charge in [0.2, 0.25) is 0 Å². The van der Waals surface area contributed by atoms with Crippen LogP contribution in [0.3, 0.4) is 0 Å². The molecular weight excluding hydrogens is 334 g/mol. The summed E-state index contributed by atoms with van der Waals surface area (Å²) in [6.45, 7) is 1.63. The van der Waals surface area contributed by atoms with Crippen molar-refractivity contribution in [3.8, 4) is 0 Å². The molecule has 1 aliphatic heterocycles. The number of amides is 2. The van der Waals surface area contributed by atoms with Crippen LogP contribution in [0.15, 0.2) is 54.6 Å². The van der Waals surface area contributed by atoms with Crippen LogP contribution in [-0.2, 0) is 6.42 Å². The molecule has 1 heterocycles. The van der Waals surface area contributed by atoms with Crippen molar-refractivity contribution < 1.29 is 4.79 Å². The molecule has 0 spiro atoms. The molecule has 4 nitrogen and oxygen atoms in total. The second-order valence-electron chi connectivity index (χ2n) is 6.57. The molecule has 3 rings (SSSR count). The van der Waals surface area contributed by atoms with E-state index in [4.69, 9.17) is 11.6 Å². The Balaban J connectivity index is 1.43. The second-order valence-corrected chi connectivity index (χ2v) is 7.01. The smallest absolute Gasteiger partial charge is 0.319 e. The van der Waals surface area contributed by atoms with Gasteiger partial charge in [0.25, 0.3) is 0 Å². The van der Waals surface area contributed by atoms with E-state index in [1.165, 1.54) is 12.0 Å². The van der Waals surface area contributed by atoms with Crippen LogP contribution < -0.4 is 16.0 Å². The standard InChI is InChI=1S/C20H24ClN3O/c21-17-6-8-18(9-7-17)24-20(25)23-14-19-13-16(10-11-22-19)12-15-4-2-1-3-5-15/h1-9,16,19,22H,10-14H2,(H2,23,24,25)/t16-,19-/m1/s1. The fourth-order valence-corrected chi connectivity index (χ4v) is 3.43. The summed E-state index contributed by atoms with van der Waals surface area (Å²) in [5.41, 5.74) is 2.13. The minimum Gasteiger partial charge on any atom is -0.336 e. The summed E-state index contributed by atoms with van der Waals surface area (Å²) in [6, 6.07) is 17.8. The van der Waals surface area contributed by atoms with Gasteiger partial charge in [-0.15, -0.1) is 0 Å². The molecule has 1 fully saturated rings. The maximum Gasteiger partial charge on any atom is 0.319 e. The molecule has 1 saturated heterocycles. The van der Waals surface area contributed by atoms with Gasteiger partial charge in [0.1, 0.15) is 0 Å². The number of carbonyl (C=O) groups excluding carboxylic acids is 1. The predicted octanol–water partition coefficient (Wildman–Crippen LogP) is 4.07. The van der Waals surface area contributed by atoms with E-state index >= 15 is 0 Å². The number of hydrogen-bond acceptors (Lipinski definition) is 2. The number of benzene rings is 2. The maximum absolute atomic E-state index is 12.0. The minimum atomic E-state index is -0.186. The number of halogens is 1. The van der Waals surface area contributed by atoms with Gasteiger partial charge in [-0.25, -0.2) is 4.79 Å². The van der Waals surface area contributed by atoms with Crippen LogP contribution in [0.4, 0.5) is 10.5 Å². The molecule has 1 aliphatic rings. The topological polar surface area (TPSA) is 53.2 Å². The SMILES string of the molecule is O=C(NC[C@H]1C[C@@H](Cc2ccccc2)CCN1)Nc1ccc(Cl)cc1. The van der Waals surface area contributed by atoms with E-state index in [1.807, 2.05) is 0 Å². The highest BCUT2D eigenvalue weighted by molar-refractivity contribution is 6.30. The summed E-state index contributed by atoms with van der Waals surface area (Å²) < 4.78 is 0. The third-order valence-electron chi connectivity index (χ3n) is 4.58. The molecule has 0 saturated carbocycles. The summed E-state index contributed by atoms with van der Waals surface area (Å²) in [7, 11) is 0. The molecule has 5 heteroatoms. The molecule has 2 aromatic carbocycles. The molecule has 2 atom stereocenters. The van der Waals surface area contributed by atoms with Crippen LogP contribution in [0.2, 0.25) is 5.02 Å². The van der Waals surface area contributed by atoms with Gasteiger partial charge in [-0.3, -0.25) is 0 Å². The number of nitrogens with one attached hydrogen (secondary N) is 3. The lowest BCUT2D eigenvalue weighted by molar-refractivity contribution is 0.246. The predicted molar refractivity (Wildman–Crippen MR) is 103 cm³/mol. The van der Waals surface area contributed by atoms with E-state index in [9.17, 15) is 4.79 Å². The van der Waals surface area contributed by atoms with Crippen LogP contribution in [0.5, 0.6) is 0 Å². The summed E-state index contributed by atoms with van der Waals surface area (Å²) in [4.78, 5) is 12.0. The van der Waals surface area contributed by atoms with Gasteiger partial charge in [-0.05, 0) is 61.6 Å². The van der Waals surface area contributed by atoms with Crippen LogP contribution in [-0.4, -0.2) is 25.2 Å². The molecule has 2 aromatic rings. The Morgan fingerprint density at radius 2 is 1.88 bits per heavy atom. The average molecular weight is 358 g/mol. The van der Waals surface area contributed by atoms with Gasteiger partial charge in [-0.2, -0.15) is 0 Å². The fourth-order valence-electron chi connectivity index (χ4n) is 3.31. The van der Waals surface area contributed by atoms with Crippen LogP contribution in [0.1, 0.15) is 18.4 Å². The van der Waals surface area contributed by atoms with Gasteiger partial charge in [-0.1, -0.05) is 41.9 Å². The Hall–Kier alpha value is -2.04. The highest BCUT2D eigenvalue weighted by Gasteiger charge is 2.22. The van der Waals surface area contributed by atoms with Gasteiger partial charge < -0.3 is 16.0 Å². The van der Waals surface area contributed by atoms with Crippen molar-refractivity contribution in [1.29, 1.82) is 0 Å². The third-order valence-corrected chi connectivity index (χ3v) is 4.83. The van der Waals surface area contributed by atoms with E-state index in [2.05, 4.69) is 46.3 Å². The van der Waals surface area contributed by atoms with Crippen molar-refractivity contribution in [3.63, 3.8) is 0 Å². The lowest BCUT2D eigenvalue weighted by atomic mass is 9.87. The Morgan fingerprint density at radius 3 is 2.64 bits per heavy atom. The molecular formula is C20H24ClN3O. The molecule has 3 N–H and O–H groups in total. The molecule has 0 aliphatic carbocycles. The van der Waals surface area contributed by atoms with E-state index in [-0.39, 0.29) is 6.03 Å². The Morgan fingerprint density at radius 1 is 1.12 bits per heavy atom. The minimum absolute atomic E-state index is 0.186. The Bertz CT molecular complexity index is 675. The number of rotatable bonds is 5. The number of piperidine rings is 1. The molecule has 0 aromatic heterocycles. The lowest BCUT2D eigenvalue weighted by Crippen LogP contribution is -2.47. The number of hydrogen-bond donors (Lipinski definition) is 3. The zero-order valence-electron chi connectivity index (χ0n) is 14.2. The van der Waals surface area contributed by atoms with E-state index in [0.29, 0.717) is 23.5 Å². The highest BCUT2D eigenvalue weighted by atomic mass is 35.5. The number of urea groups is 1. The highest BCUT2D eigenvalue weighted by Crippen LogP contribution is 2.21. The molecule has 0 bridgehead atoms. The Labute approximate surface area is 154 Å². The molecule has 0 radical (unpaired) electrons. The first-order chi connectivity index (χ1) is 12.2. The molecule has 2 amide bonds. The first-order valence-electron chi connectivity index (χ1n) is 8.77. The van der Waals surface area contributed by atoms with Crippen molar-refractivity contribution in [1.82, 2.24) is 10.6 Å². The number of anilines is 1. The third kappa shape index (κ3) is 5.76. The fraction of sp³-hybridized carbons (Fsp3) is 0.350. The zero-order valence-corrected chi connectivity index (χ0v) is 14.9. The summed E-state index contributed by atoms with van der Waals surface area (Å²) in [6.07, 6.45) is 3.37. The second kappa shape index (κ2) is 8.88. The van der Waals surface area contributed by atoms with Crippen LogP contribution in [0, 0.1) is 5.92 Å². The van der Waals surface area contributed by atoms with E-state index < -0.39 is 0 Å². The van der Waals surface area contributed by atoms with Gasteiger partial charge >= 0.3 is 6.03 Å². The summed E-state index contributed by atoms with van der Waals surface area (Å²) >= 11 is 5.85. The van der Waals surface area contributed by atoms with Crippen molar-refractivity contribution in [2.24, 2.45) is 5.92 Å². The van der Waals surface area contributed by atoms with Crippen LogP contribution in [0.25, 0.3) is 0 Å². The van der Waals surface area contributed by atoms with E-state index in [1.54, 1.807) is 24.3 Å². The van der Waals surface area contributed by atoms with Crippen molar-refractivity contribution >= 4 is 23.3 Å². The monoisotopic (exact) mass is 357 g/mol. The number of carbonyl (C=O) groups is 1. The first-order valence-corrected chi connectivity index (χ1v) is 9.14. The normalized spacial score (nSPS) is 20.0.